The first-order chi connectivity index (χ1) is 8.61. The van der Waals surface area contributed by atoms with Crippen LogP contribution in [-0.4, -0.2) is 9.78 Å². The van der Waals surface area contributed by atoms with Crippen LogP contribution in [0.1, 0.15) is 29.8 Å². The number of rotatable bonds is 5. The molecule has 0 aliphatic rings. The van der Waals surface area contributed by atoms with Gasteiger partial charge in [-0.05, 0) is 41.4 Å². The van der Waals surface area contributed by atoms with Gasteiger partial charge in [0.15, 0.2) is 0 Å². The molecule has 4 nitrogen and oxygen atoms in total. The molecule has 1 N–H and O–H groups in total. The van der Waals surface area contributed by atoms with E-state index in [1.807, 2.05) is 30.8 Å². The normalized spacial score (nSPS) is 11.1. The monoisotopic (exact) mass is 311 g/mol. The first-order valence-corrected chi connectivity index (χ1v) is 6.87. The van der Waals surface area contributed by atoms with Gasteiger partial charge in [-0.3, -0.25) is 4.68 Å². The fraction of sp³-hybridized carbons (Fsp3) is 0.462. The summed E-state index contributed by atoms with van der Waals surface area (Å²) < 4.78 is 8.54. The molecule has 0 atom stereocenters. The molecule has 0 aliphatic carbocycles. The zero-order chi connectivity index (χ0) is 13.1. The third-order valence-corrected chi connectivity index (χ3v) is 3.81. The second kappa shape index (κ2) is 5.71. The minimum atomic E-state index is 0.729. The fourth-order valence-corrected chi connectivity index (χ4v) is 2.65. The second-order valence-corrected chi connectivity index (χ2v) is 5.09. The van der Waals surface area contributed by atoms with Crippen LogP contribution >= 0.6 is 15.9 Å². The largest absolute Gasteiger partial charge is 0.465 e. The molecule has 0 spiro atoms. The number of furan rings is 1. The van der Waals surface area contributed by atoms with Gasteiger partial charge in [-0.1, -0.05) is 6.92 Å². The lowest BCUT2D eigenvalue weighted by Crippen LogP contribution is -2.15. The molecule has 18 heavy (non-hydrogen) atoms. The van der Waals surface area contributed by atoms with Crippen molar-refractivity contribution in [2.24, 2.45) is 7.05 Å². The lowest BCUT2D eigenvalue weighted by atomic mass is 10.3. The highest BCUT2D eigenvalue weighted by Crippen LogP contribution is 2.21. The number of aromatic nitrogens is 2. The van der Waals surface area contributed by atoms with Gasteiger partial charge in [0.2, 0.25) is 0 Å². The molecular weight excluding hydrogens is 294 g/mol. The Kier molecular flexibility index (Phi) is 4.24. The summed E-state index contributed by atoms with van der Waals surface area (Å²) in [6.45, 7) is 5.56. The van der Waals surface area contributed by atoms with E-state index in [2.05, 4.69) is 33.3 Å². The molecule has 2 aromatic heterocycles. The zero-order valence-corrected chi connectivity index (χ0v) is 12.5. The standard InChI is InChI=1S/C13H18BrN3O/c1-4-11-13(14)12(17(3)16-11)8-15-7-10-6-5-9(2)18-10/h5-6,15H,4,7-8H2,1-3H3. The van der Waals surface area contributed by atoms with Gasteiger partial charge in [-0.15, -0.1) is 0 Å². The molecule has 0 radical (unpaired) electrons. The second-order valence-electron chi connectivity index (χ2n) is 4.30. The van der Waals surface area contributed by atoms with Crippen molar-refractivity contribution in [3.05, 3.63) is 39.5 Å². The summed E-state index contributed by atoms with van der Waals surface area (Å²) in [4.78, 5) is 0. The van der Waals surface area contributed by atoms with E-state index in [0.29, 0.717) is 0 Å². The van der Waals surface area contributed by atoms with E-state index < -0.39 is 0 Å². The van der Waals surface area contributed by atoms with Gasteiger partial charge >= 0.3 is 0 Å². The molecule has 98 valence electrons. The SMILES string of the molecule is CCc1nn(C)c(CNCc2ccc(C)o2)c1Br. The highest BCUT2D eigenvalue weighted by molar-refractivity contribution is 9.10. The average molecular weight is 312 g/mol. The summed E-state index contributed by atoms with van der Waals surface area (Å²) in [7, 11) is 1.97. The number of hydrogen-bond donors (Lipinski definition) is 1. The molecule has 5 heteroatoms. The number of aryl methyl sites for hydroxylation is 3. The van der Waals surface area contributed by atoms with E-state index in [4.69, 9.17) is 4.42 Å². The predicted molar refractivity (Wildman–Crippen MR) is 74.3 cm³/mol. The van der Waals surface area contributed by atoms with Crippen LogP contribution in [0.4, 0.5) is 0 Å². The van der Waals surface area contributed by atoms with Gasteiger partial charge in [-0.2, -0.15) is 5.10 Å². The summed E-state index contributed by atoms with van der Waals surface area (Å²) >= 11 is 3.61. The predicted octanol–water partition coefficient (Wildman–Crippen LogP) is 2.94. The maximum absolute atomic E-state index is 5.51. The molecule has 0 aliphatic heterocycles. The van der Waals surface area contributed by atoms with Crippen LogP contribution in [0.5, 0.6) is 0 Å². The highest BCUT2D eigenvalue weighted by atomic mass is 79.9. The fourth-order valence-electron chi connectivity index (χ4n) is 1.90. The van der Waals surface area contributed by atoms with Crippen molar-refractivity contribution in [2.45, 2.75) is 33.4 Å². The Bertz CT molecular complexity index is 530. The Balaban J connectivity index is 1.96. The van der Waals surface area contributed by atoms with Crippen molar-refractivity contribution in [3.8, 4) is 0 Å². The summed E-state index contributed by atoms with van der Waals surface area (Å²) in [5.41, 5.74) is 2.26. The molecule has 2 heterocycles. The highest BCUT2D eigenvalue weighted by Gasteiger charge is 2.11. The quantitative estimate of drug-likeness (QED) is 0.923. The molecule has 0 unspecified atom stereocenters. The lowest BCUT2D eigenvalue weighted by molar-refractivity contribution is 0.458. The Labute approximate surface area is 115 Å². The van der Waals surface area contributed by atoms with Crippen molar-refractivity contribution in [2.75, 3.05) is 0 Å². The van der Waals surface area contributed by atoms with Crippen molar-refractivity contribution in [1.29, 1.82) is 0 Å². The van der Waals surface area contributed by atoms with E-state index in [-0.39, 0.29) is 0 Å². The van der Waals surface area contributed by atoms with Crippen LogP contribution < -0.4 is 5.32 Å². The van der Waals surface area contributed by atoms with Gasteiger partial charge in [0.1, 0.15) is 11.5 Å². The summed E-state index contributed by atoms with van der Waals surface area (Å²) in [5, 5.41) is 7.83. The van der Waals surface area contributed by atoms with E-state index in [9.17, 15) is 0 Å². The summed E-state index contributed by atoms with van der Waals surface area (Å²) in [6.07, 6.45) is 0.936. The van der Waals surface area contributed by atoms with Crippen LogP contribution in [0.3, 0.4) is 0 Å². The molecule has 0 saturated heterocycles. The molecule has 0 saturated carbocycles. The Hall–Kier alpha value is -1.07. The van der Waals surface area contributed by atoms with Crippen molar-refractivity contribution in [3.63, 3.8) is 0 Å². The van der Waals surface area contributed by atoms with E-state index in [1.54, 1.807) is 0 Å². The molecule has 0 bridgehead atoms. The van der Waals surface area contributed by atoms with Gasteiger partial charge in [0.05, 0.1) is 22.4 Å². The Morgan fingerprint density at radius 1 is 1.39 bits per heavy atom. The molecule has 0 aromatic carbocycles. The van der Waals surface area contributed by atoms with Gasteiger partial charge < -0.3 is 9.73 Å². The molecule has 2 aromatic rings. The van der Waals surface area contributed by atoms with Crippen LogP contribution in [0, 0.1) is 6.92 Å². The van der Waals surface area contributed by atoms with Crippen LogP contribution in [0.2, 0.25) is 0 Å². The maximum atomic E-state index is 5.51. The average Bonchev–Trinajstić information content (AvgIpc) is 2.86. The summed E-state index contributed by atoms with van der Waals surface area (Å²) in [6, 6.07) is 3.98. The van der Waals surface area contributed by atoms with Crippen molar-refractivity contribution < 1.29 is 4.42 Å². The molecule has 0 fully saturated rings. The van der Waals surface area contributed by atoms with Gasteiger partial charge in [-0.25, -0.2) is 0 Å². The minimum Gasteiger partial charge on any atom is -0.465 e. The van der Waals surface area contributed by atoms with E-state index in [1.165, 1.54) is 0 Å². The third-order valence-electron chi connectivity index (χ3n) is 2.89. The molecule has 2 rings (SSSR count). The number of hydrogen-bond acceptors (Lipinski definition) is 3. The van der Waals surface area contributed by atoms with Gasteiger partial charge in [0, 0.05) is 13.6 Å². The van der Waals surface area contributed by atoms with E-state index in [0.717, 1.165) is 46.9 Å². The van der Waals surface area contributed by atoms with Crippen molar-refractivity contribution >= 4 is 15.9 Å². The lowest BCUT2D eigenvalue weighted by Gasteiger charge is -2.04. The van der Waals surface area contributed by atoms with Crippen LogP contribution in [0.25, 0.3) is 0 Å². The number of nitrogens with one attached hydrogen (secondary N) is 1. The topological polar surface area (TPSA) is 43.0 Å². The van der Waals surface area contributed by atoms with Crippen LogP contribution in [0.15, 0.2) is 21.0 Å². The third kappa shape index (κ3) is 2.84. The number of halogens is 1. The first-order valence-electron chi connectivity index (χ1n) is 6.08. The van der Waals surface area contributed by atoms with Crippen LogP contribution in [-0.2, 0) is 26.6 Å². The molecule has 0 amide bonds. The smallest absolute Gasteiger partial charge is 0.117 e. The van der Waals surface area contributed by atoms with Crippen molar-refractivity contribution in [1.82, 2.24) is 15.1 Å². The van der Waals surface area contributed by atoms with E-state index >= 15 is 0 Å². The zero-order valence-electron chi connectivity index (χ0n) is 11.0. The summed E-state index contributed by atoms with van der Waals surface area (Å²) in [5.74, 6) is 1.91. The Morgan fingerprint density at radius 2 is 2.17 bits per heavy atom. The Morgan fingerprint density at radius 3 is 2.72 bits per heavy atom. The maximum Gasteiger partial charge on any atom is 0.117 e. The first kappa shape index (κ1) is 13.4. The molecular formula is C13H18BrN3O. The number of nitrogens with zero attached hydrogens (tertiary/aromatic N) is 2. The minimum absolute atomic E-state index is 0.729. The van der Waals surface area contributed by atoms with Gasteiger partial charge in [0.25, 0.3) is 0 Å².